The van der Waals surface area contributed by atoms with Gasteiger partial charge in [-0.25, -0.2) is 0 Å². The molecule has 1 saturated carbocycles. The topological polar surface area (TPSA) is 32.3 Å². The molecule has 2 atom stereocenters. The second-order valence-electron chi connectivity index (χ2n) is 6.02. The Hall–Kier alpha value is -1.35. The number of amides is 1. The highest BCUT2D eigenvalue weighted by Crippen LogP contribution is 2.29. The molecule has 0 radical (unpaired) electrons. The molecule has 108 valence electrons. The maximum atomic E-state index is 12.7. The van der Waals surface area contributed by atoms with E-state index in [4.69, 9.17) is 0 Å². The summed E-state index contributed by atoms with van der Waals surface area (Å²) in [7, 11) is 0. The van der Waals surface area contributed by atoms with Crippen LogP contribution >= 0.6 is 0 Å². The molecule has 0 aromatic heterocycles. The average molecular weight is 272 g/mol. The molecule has 1 aliphatic heterocycles. The molecule has 2 unspecified atom stereocenters. The molecule has 1 heterocycles. The second-order valence-corrected chi connectivity index (χ2v) is 6.02. The molecular formula is C17H24N2O. The number of hydrogen-bond acceptors (Lipinski definition) is 2. The van der Waals surface area contributed by atoms with Crippen LogP contribution in [0.2, 0.25) is 0 Å². The van der Waals surface area contributed by atoms with E-state index in [9.17, 15) is 4.79 Å². The molecule has 3 nitrogen and oxygen atoms in total. The fraction of sp³-hybridized carbons (Fsp3) is 0.588. The Morgan fingerprint density at radius 1 is 1.20 bits per heavy atom. The smallest absolute Gasteiger partial charge is 0.241 e. The van der Waals surface area contributed by atoms with Gasteiger partial charge in [0, 0.05) is 6.04 Å². The Labute approximate surface area is 121 Å². The molecule has 3 rings (SSSR count). The number of nitrogens with one attached hydrogen (secondary N) is 1. The monoisotopic (exact) mass is 272 g/mol. The standard InChI is InChI=1S/C17H24N2O/c1-2-16-18-15(12-13-8-4-3-5-9-13)17(20)19(16)14-10-6-7-11-14/h3-5,8-9,14-16,18H,2,6-7,10-12H2,1H3. The molecule has 1 aliphatic carbocycles. The van der Waals surface area contributed by atoms with Crippen molar-refractivity contribution in [3.05, 3.63) is 35.9 Å². The summed E-state index contributed by atoms with van der Waals surface area (Å²) in [5.41, 5.74) is 1.24. The molecule has 20 heavy (non-hydrogen) atoms. The van der Waals surface area contributed by atoms with Gasteiger partial charge in [0.05, 0.1) is 12.2 Å². The zero-order valence-electron chi connectivity index (χ0n) is 12.2. The average Bonchev–Trinajstić information content (AvgIpc) is 3.09. The minimum Gasteiger partial charge on any atom is -0.323 e. The van der Waals surface area contributed by atoms with Crippen LogP contribution in [0.15, 0.2) is 30.3 Å². The van der Waals surface area contributed by atoms with Gasteiger partial charge in [0.1, 0.15) is 0 Å². The summed E-state index contributed by atoms with van der Waals surface area (Å²) in [6.07, 6.45) is 6.94. The Kier molecular flexibility index (Phi) is 4.06. The predicted octanol–water partition coefficient (Wildman–Crippen LogP) is 2.71. The minimum atomic E-state index is -0.0389. The lowest BCUT2D eigenvalue weighted by atomic mass is 10.1. The minimum absolute atomic E-state index is 0.0389. The first-order chi connectivity index (χ1) is 9.79. The zero-order valence-corrected chi connectivity index (χ0v) is 12.2. The van der Waals surface area contributed by atoms with Gasteiger partial charge in [0.25, 0.3) is 0 Å². The SMILES string of the molecule is CCC1NC(Cc2ccccc2)C(=O)N1C1CCCC1. The summed E-state index contributed by atoms with van der Waals surface area (Å²) in [6.45, 7) is 2.16. The van der Waals surface area contributed by atoms with E-state index in [1.165, 1.54) is 31.2 Å². The van der Waals surface area contributed by atoms with Gasteiger partial charge < -0.3 is 4.90 Å². The number of carbonyl (C=O) groups is 1. The van der Waals surface area contributed by atoms with Crippen LogP contribution in [0.25, 0.3) is 0 Å². The number of nitrogens with zero attached hydrogens (tertiary/aromatic N) is 1. The van der Waals surface area contributed by atoms with Crippen molar-refractivity contribution in [3.63, 3.8) is 0 Å². The van der Waals surface area contributed by atoms with Crippen molar-refractivity contribution in [3.8, 4) is 0 Å². The van der Waals surface area contributed by atoms with Gasteiger partial charge in [-0.2, -0.15) is 0 Å². The lowest BCUT2D eigenvalue weighted by Gasteiger charge is -2.29. The maximum absolute atomic E-state index is 12.7. The van der Waals surface area contributed by atoms with E-state index in [0.717, 1.165) is 12.8 Å². The van der Waals surface area contributed by atoms with E-state index >= 15 is 0 Å². The third-order valence-electron chi connectivity index (χ3n) is 4.67. The van der Waals surface area contributed by atoms with Crippen LogP contribution in [-0.2, 0) is 11.2 Å². The molecule has 3 heteroatoms. The Balaban J connectivity index is 1.72. The summed E-state index contributed by atoms with van der Waals surface area (Å²) < 4.78 is 0. The van der Waals surface area contributed by atoms with Crippen molar-refractivity contribution in [1.29, 1.82) is 0 Å². The van der Waals surface area contributed by atoms with Crippen LogP contribution in [-0.4, -0.2) is 29.1 Å². The zero-order chi connectivity index (χ0) is 13.9. The van der Waals surface area contributed by atoms with E-state index < -0.39 is 0 Å². The lowest BCUT2D eigenvalue weighted by Crippen LogP contribution is -2.43. The third kappa shape index (κ3) is 2.59. The maximum Gasteiger partial charge on any atom is 0.241 e. The van der Waals surface area contributed by atoms with E-state index in [1.54, 1.807) is 0 Å². The van der Waals surface area contributed by atoms with E-state index in [2.05, 4.69) is 29.3 Å². The van der Waals surface area contributed by atoms with Crippen LogP contribution in [0, 0.1) is 0 Å². The van der Waals surface area contributed by atoms with Crippen LogP contribution in [0.4, 0.5) is 0 Å². The van der Waals surface area contributed by atoms with Crippen molar-refractivity contribution >= 4 is 5.91 Å². The fourth-order valence-corrected chi connectivity index (χ4v) is 3.64. The number of benzene rings is 1. The van der Waals surface area contributed by atoms with Gasteiger partial charge in [0.2, 0.25) is 5.91 Å². The van der Waals surface area contributed by atoms with Gasteiger partial charge >= 0.3 is 0 Å². The highest BCUT2D eigenvalue weighted by molar-refractivity contribution is 5.85. The normalized spacial score (nSPS) is 27.4. The van der Waals surface area contributed by atoms with Crippen molar-refractivity contribution in [2.45, 2.75) is 63.7 Å². The summed E-state index contributed by atoms with van der Waals surface area (Å²) >= 11 is 0. The number of carbonyl (C=O) groups excluding carboxylic acids is 1. The number of hydrogen-bond donors (Lipinski definition) is 1. The molecular weight excluding hydrogens is 248 g/mol. The second kappa shape index (κ2) is 5.96. The van der Waals surface area contributed by atoms with Gasteiger partial charge in [-0.1, -0.05) is 50.1 Å². The highest BCUT2D eigenvalue weighted by Gasteiger charge is 2.41. The Morgan fingerprint density at radius 2 is 1.90 bits per heavy atom. The molecule has 1 N–H and O–H groups in total. The molecule has 0 bridgehead atoms. The summed E-state index contributed by atoms with van der Waals surface area (Å²) in [4.78, 5) is 14.9. The van der Waals surface area contributed by atoms with E-state index in [1.807, 2.05) is 18.2 Å². The van der Waals surface area contributed by atoms with Gasteiger partial charge in [-0.15, -0.1) is 0 Å². The fourth-order valence-electron chi connectivity index (χ4n) is 3.64. The first-order valence-corrected chi connectivity index (χ1v) is 7.91. The molecule has 1 saturated heterocycles. The Bertz CT molecular complexity index is 453. The summed E-state index contributed by atoms with van der Waals surface area (Å²) in [5, 5.41) is 3.54. The van der Waals surface area contributed by atoms with Crippen molar-refractivity contribution < 1.29 is 4.79 Å². The summed E-state index contributed by atoms with van der Waals surface area (Å²) in [5.74, 6) is 0.313. The molecule has 1 aromatic carbocycles. The Morgan fingerprint density at radius 3 is 2.55 bits per heavy atom. The molecule has 0 spiro atoms. The van der Waals surface area contributed by atoms with E-state index in [0.29, 0.717) is 11.9 Å². The van der Waals surface area contributed by atoms with Crippen molar-refractivity contribution in [1.82, 2.24) is 10.2 Å². The largest absolute Gasteiger partial charge is 0.323 e. The summed E-state index contributed by atoms with van der Waals surface area (Å²) in [6, 6.07) is 10.8. The highest BCUT2D eigenvalue weighted by atomic mass is 16.2. The van der Waals surface area contributed by atoms with Crippen molar-refractivity contribution in [2.24, 2.45) is 0 Å². The molecule has 2 fully saturated rings. The van der Waals surface area contributed by atoms with Gasteiger partial charge in [-0.3, -0.25) is 10.1 Å². The van der Waals surface area contributed by atoms with Crippen LogP contribution < -0.4 is 5.32 Å². The van der Waals surface area contributed by atoms with Crippen LogP contribution in [0.1, 0.15) is 44.6 Å². The lowest BCUT2D eigenvalue weighted by molar-refractivity contribution is -0.132. The molecule has 2 aliphatic rings. The first kappa shape index (κ1) is 13.6. The van der Waals surface area contributed by atoms with E-state index in [-0.39, 0.29) is 12.2 Å². The predicted molar refractivity (Wildman–Crippen MR) is 80.3 cm³/mol. The number of rotatable bonds is 4. The van der Waals surface area contributed by atoms with Crippen LogP contribution in [0.5, 0.6) is 0 Å². The first-order valence-electron chi connectivity index (χ1n) is 7.91. The van der Waals surface area contributed by atoms with Gasteiger partial charge in [0.15, 0.2) is 0 Å². The van der Waals surface area contributed by atoms with Crippen LogP contribution in [0.3, 0.4) is 0 Å². The third-order valence-corrected chi connectivity index (χ3v) is 4.67. The molecule has 1 amide bonds. The van der Waals surface area contributed by atoms with Crippen molar-refractivity contribution in [2.75, 3.05) is 0 Å². The van der Waals surface area contributed by atoms with Gasteiger partial charge in [-0.05, 0) is 31.2 Å². The quantitative estimate of drug-likeness (QED) is 0.914. The molecule has 1 aromatic rings.